The summed E-state index contributed by atoms with van der Waals surface area (Å²) < 4.78 is 0. The van der Waals surface area contributed by atoms with E-state index in [2.05, 4.69) is 54.6 Å². The molecule has 2 heteroatoms. The molecule has 0 heterocycles. The van der Waals surface area contributed by atoms with Crippen LogP contribution in [0.2, 0.25) is 0 Å². The second-order valence-corrected chi connectivity index (χ2v) is 4.37. The predicted molar refractivity (Wildman–Crippen MR) is 55.6 cm³/mol. The van der Waals surface area contributed by atoms with Crippen LogP contribution in [-0.4, -0.2) is 0 Å². The number of benzene rings is 2. The maximum absolute atomic E-state index is 2.29. The summed E-state index contributed by atoms with van der Waals surface area (Å²) in [5, 5.41) is 1.22. The van der Waals surface area contributed by atoms with Gasteiger partial charge in [-0.3, -0.25) is 0 Å². The average Bonchev–Trinajstić information content (AvgIpc) is 2.30. The molecule has 0 amide bonds. The predicted octanol–water partition coefficient (Wildman–Crippen LogP) is 0.404. The van der Waals surface area contributed by atoms with E-state index in [-0.39, 0.29) is 17.0 Å². The van der Waals surface area contributed by atoms with E-state index >= 15 is 0 Å². The van der Waals surface area contributed by atoms with Gasteiger partial charge in [0.15, 0.2) is 0 Å². The molecular formula is C13H11BrZn. The van der Waals surface area contributed by atoms with Crippen LogP contribution in [-0.2, 0) is 23.3 Å². The zero-order valence-electron chi connectivity index (χ0n) is 8.49. The van der Waals surface area contributed by atoms with E-state index in [9.17, 15) is 0 Å². The first kappa shape index (κ1) is 12.6. The first-order chi connectivity index (χ1) is 6.90. The molecule has 0 radical (unpaired) electrons. The van der Waals surface area contributed by atoms with Crippen LogP contribution in [0, 0.1) is 0 Å². The van der Waals surface area contributed by atoms with E-state index in [0.717, 1.165) is 0 Å². The monoisotopic (exact) mass is 310 g/mol. The van der Waals surface area contributed by atoms with Crippen molar-refractivity contribution in [3.05, 3.63) is 60.2 Å². The topological polar surface area (TPSA) is 0 Å². The molecule has 0 N–H and O–H groups in total. The van der Waals surface area contributed by atoms with Crippen LogP contribution in [0.15, 0.2) is 54.6 Å². The van der Waals surface area contributed by atoms with Gasteiger partial charge in [-0.2, -0.15) is 0 Å². The maximum atomic E-state index is 2.29. The van der Waals surface area contributed by atoms with Crippen molar-refractivity contribution in [1.29, 1.82) is 0 Å². The van der Waals surface area contributed by atoms with Crippen molar-refractivity contribution < 1.29 is 35.3 Å². The Bertz CT molecular complexity index is 412. The summed E-state index contributed by atoms with van der Waals surface area (Å²) in [6, 6.07) is 19.4. The molecule has 0 aliphatic rings. The van der Waals surface area contributed by atoms with Crippen LogP contribution < -0.4 is 17.0 Å². The molecule has 2 aromatic rings. The van der Waals surface area contributed by atoms with Crippen molar-refractivity contribution in [3.8, 4) is 11.1 Å². The van der Waals surface area contributed by atoms with Crippen LogP contribution in [0.5, 0.6) is 0 Å². The second kappa shape index (κ2) is 6.20. The molecule has 0 unspecified atom stereocenters. The fourth-order valence-electron chi connectivity index (χ4n) is 1.54. The quantitative estimate of drug-likeness (QED) is 0.705. The zero-order chi connectivity index (χ0) is 9.80. The molecule has 0 saturated heterocycles. The SMILES string of the molecule is [Br-].[Zn+][CH2]c1cccc(-c2ccccc2)c1. The minimum absolute atomic E-state index is 0. The van der Waals surface area contributed by atoms with Gasteiger partial charge in [0, 0.05) is 0 Å². The molecule has 0 atom stereocenters. The van der Waals surface area contributed by atoms with E-state index in [0.29, 0.717) is 0 Å². The van der Waals surface area contributed by atoms with Crippen LogP contribution in [0.25, 0.3) is 11.1 Å². The summed E-state index contributed by atoms with van der Waals surface area (Å²) >= 11 is 1.33. The van der Waals surface area contributed by atoms with Crippen LogP contribution >= 0.6 is 0 Å². The van der Waals surface area contributed by atoms with Gasteiger partial charge >= 0.3 is 94.6 Å². The first-order valence-corrected chi connectivity index (χ1v) is 6.93. The molecule has 0 aliphatic heterocycles. The van der Waals surface area contributed by atoms with Gasteiger partial charge in [0.25, 0.3) is 0 Å². The average molecular weight is 313 g/mol. The van der Waals surface area contributed by atoms with E-state index in [1.165, 1.54) is 40.0 Å². The molecule has 0 fully saturated rings. The number of hydrogen-bond donors (Lipinski definition) is 0. The van der Waals surface area contributed by atoms with Crippen LogP contribution in [0.1, 0.15) is 5.56 Å². The van der Waals surface area contributed by atoms with Gasteiger partial charge in [-0.15, -0.1) is 0 Å². The Morgan fingerprint density at radius 2 is 1.47 bits per heavy atom. The molecule has 0 aliphatic carbocycles. The zero-order valence-corrected chi connectivity index (χ0v) is 13.0. The molecule has 0 spiro atoms. The molecule has 2 rings (SSSR count). The fraction of sp³-hybridized carbons (Fsp3) is 0.0769. The van der Waals surface area contributed by atoms with E-state index in [1.807, 2.05) is 0 Å². The Labute approximate surface area is 111 Å². The van der Waals surface area contributed by atoms with Gasteiger partial charge in [0.1, 0.15) is 0 Å². The van der Waals surface area contributed by atoms with Crippen LogP contribution in [0.4, 0.5) is 0 Å². The molecule has 0 bridgehead atoms. The van der Waals surface area contributed by atoms with E-state index in [4.69, 9.17) is 0 Å². The van der Waals surface area contributed by atoms with Crippen LogP contribution in [0.3, 0.4) is 0 Å². The number of rotatable bonds is 2. The second-order valence-electron chi connectivity index (χ2n) is 3.32. The normalized spacial score (nSPS) is 9.47. The third-order valence-electron chi connectivity index (χ3n) is 2.32. The van der Waals surface area contributed by atoms with Gasteiger partial charge in [-0.05, 0) is 0 Å². The summed E-state index contributed by atoms with van der Waals surface area (Å²) in [5.41, 5.74) is 4.09. The Balaban J connectivity index is 0.00000112. The van der Waals surface area contributed by atoms with Crippen molar-refractivity contribution in [1.82, 2.24) is 0 Å². The summed E-state index contributed by atoms with van der Waals surface area (Å²) in [6.45, 7) is 0. The Kier molecular flexibility index (Phi) is 5.21. The van der Waals surface area contributed by atoms with E-state index in [1.54, 1.807) is 0 Å². The van der Waals surface area contributed by atoms with Crippen molar-refractivity contribution >= 4 is 0 Å². The third kappa shape index (κ3) is 3.26. The van der Waals surface area contributed by atoms with Crippen molar-refractivity contribution in [3.63, 3.8) is 0 Å². The van der Waals surface area contributed by atoms with Gasteiger partial charge in [-0.1, -0.05) is 0 Å². The van der Waals surface area contributed by atoms with Gasteiger partial charge < -0.3 is 17.0 Å². The Hall–Kier alpha value is -0.457. The van der Waals surface area contributed by atoms with Crippen molar-refractivity contribution in [2.45, 2.75) is 5.02 Å². The molecule has 72 valence electrons. The Morgan fingerprint density at radius 3 is 2.13 bits per heavy atom. The van der Waals surface area contributed by atoms with Gasteiger partial charge in [-0.25, -0.2) is 0 Å². The minimum atomic E-state index is 0. The molecule has 0 saturated carbocycles. The number of halogens is 1. The fourth-order valence-corrected chi connectivity index (χ4v) is 2.19. The molecule has 0 aromatic heterocycles. The van der Waals surface area contributed by atoms with Crippen molar-refractivity contribution in [2.24, 2.45) is 0 Å². The van der Waals surface area contributed by atoms with Gasteiger partial charge in [0.05, 0.1) is 0 Å². The summed E-state index contributed by atoms with van der Waals surface area (Å²) in [5.74, 6) is 0. The molecule has 0 nitrogen and oxygen atoms in total. The standard InChI is InChI=1S/C13H11.BrH.Zn/c1-11-6-5-9-13(10-11)12-7-3-2-4-8-12;;/h2-10H,1H2;1H;/q;;+1/p-1. The first-order valence-electron chi connectivity index (χ1n) is 4.84. The third-order valence-corrected chi connectivity index (χ3v) is 3.53. The Morgan fingerprint density at radius 1 is 0.800 bits per heavy atom. The van der Waals surface area contributed by atoms with Gasteiger partial charge in [0.2, 0.25) is 0 Å². The van der Waals surface area contributed by atoms with E-state index < -0.39 is 0 Å². The summed E-state index contributed by atoms with van der Waals surface area (Å²) in [7, 11) is 0. The summed E-state index contributed by atoms with van der Waals surface area (Å²) in [4.78, 5) is 0. The summed E-state index contributed by atoms with van der Waals surface area (Å²) in [6.07, 6.45) is 0. The molecular weight excluding hydrogens is 301 g/mol. The molecule has 2 aromatic carbocycles. The van der Waals surface area contributed by atoms with Crippen molar-refractivity contribution in [2.75, 3.05) is 0 Å². The molecule has 15 heavy (non-hydrogen) atoms. The number of hydrogen-bond acceptors (Lipinski definition) is 0.